The van der Waals surface area contributed by atoms with Crippen LogP contribution in [0.25, 0.3) is 0 Å². The third-order valence-corrected chi connectivity index (χ3v) is 2.59. The summed E-state index contributed by atoms with van der Waals surface area (Å²) in [6.07, 6.45) is 0.488. The van der Waals surface area contributed by atoms with E-state index in [2.05, 4.69) is 17.2 Å². The lowest BCUT2D eigenvalue weighted by atomic mass is 10.2. The van der Waals surface area contributed by atoms with Gasteiger partial charge >= 0.3 is 12.1 Å². The largest absolute Gasteiger partial charge is 0.461 e. The van der Waals surface area contributed by atoms with Gasteiger partial charge in [-0.05, 0) is 45.0 Å². The second kappa shape index (κ2) is 8.71. The van der Waals surface area contributed by atoms with Gasteiger partial charge in [-0.3, -0.25) is 10.1 Å². The fourth-order valence-corrected chi connectivity index (χ4v) is 1.60. The first-order chi connectivity index (χ1) is 11.2. The molecule has 130 valence electrons. The lowest BCUT2D eigenvalue weighted by molar-refractivity contribution is -0.137. The molecule has 0 bridgehead atoms. The van der Waals surface area contributed by atoms with Crippen LogP contribution in [0.2, 0.25) is 0 Å². The molecule has 1 rings (SSSR count). The van der Waals surface area contributed by atoms with E-state index in [9.17, 15) is 14.4 Å². The second-order valence-electron chi connectivity index (χ2n) is 5.83. The summed E-state index contributed by atoms with van der Waals surface area (Å²) in [7, 11) is 0. The van der Waals surface area contributed by atoms with Crippen molar-refractivity contribution < 1.29 is 23.9 Å². The van der Waals surface area contributed by atoms with Crippen LogP contribution in [-0.2, 0) is 14.3 Å². The van der Waals surface area contributed by atoms with Crippen molar-refractivity contribution in [2.45, 2.75) is 26.4 Å². The maximum absolute atomic E-state index is 11.9. The molecule has 0 aliphatic carbocycles. The highest BCUT2D eigenvalue weighted by Crippen LogP contribution is 2.13. The normalized spacial score (nSPS) is 10.5. The molecule has 0 fully saturated rings. The van der Waals surface area contributed by atoms with E-state index < -0.39 is 17.7 Å². The van der Waals surface area contributed by atoms with E-state index in [-0.39, 0.29) is 19.1 Å². The van der Waals surface area contributed by atoms with Crippen molar-refractivity contribution in [3.8, 4) is 0 Å². The van der Waals surface area contributed by atoms with Crippen molar-refractivity contribution in [1.82, 2.24) is 5.32 Å². The van der Waals surface area contributed by atoms with E-state index in [4.69, 9.17) is 9.47 Å². The summed E-state index contributed by atoms with van der Waals surface area (Å²) in [4.78, 5) is 34.4. The van der Waals surface area contributed by atoms with E-state index in [1.165, 1.54) is 0 Å². The van der Waals surface area contributed by atoms with Gasteiger partial charge in [-0.25, -0.2) is 9.59 Å². The number of esters is 1. The third kappa shape index (κ3) is 7.44. The Hall–Kier alpha value is -2.83. The first kappa shape index (κ1) is 19.2. The molecule has 2 amide bonds. The summed E-state index contributed by atoms with van der Waals surface area (Å²) in [6, 6.07) is 6.32. The van der Waals surface area contributed by atoms with Gasteiger partial charge in [-0.15, -0.1) is 0 Å². The first-order valence-corrected chi connectivity index (χ1v) is 7.39. The number of nitrogens with one attached hydrogen (secondary N) is 2. The molecule has 0 aromatic heterocycles. The number of hydrogen-bond donors (Lipinski definition) is 2. The van der Waals surface area contributed by atoms with Gasteiger partial charge in [0, 0.05) is 17.3 Å². The molecule has 0 spiro atoms. The van der Waals surface area contributed by atoms with Gasteiger partial charge in [-0.2, -0.15) is 0 Å². The molecule has 2 N–H and O–H groups in total. The van der Waals surface area contributed by atoms with Crippen LogP contribution in [0.3, 0.4) is 0 Å². The predicted octanol–water partition coefficient (Wildman–Crippen LogP) is 2.49. The molecule has 0 saturated carbocycles. The van der Waals surface area contributed by atoms with Crippen molar-refractivity contribution in [2.24, 2.45) is 0 Å². The van der Waals surface area contributed by atoms with Crippen LogP contribution in [0.4, 0.5) is 10.5 Å². The predicted molar refractivity (Wildman–Crippen MR) is 89.8 cm³/mol. The summed E-state index contributed by atoms with van der Waals surface area (Å²) in [5, 5.41) is 5.18. The number of rotatable bonds is 6. The van der Waals surface area contributed by atoms with Crippen LogP contribution in [0.5, 0.6) is 0 Å². The molecular formula is C17H22N2O5. The zero-order valence-corrected chi connectivity index (χ0v) is 14.0. The highest BCUT2D eigenvalue weighted by Gasteiger charge is 2.16. The minimum Gasteiger partial charge on any atom is -0.461 e. The standard InChI is InChI=1S/C17H22N2O5/c1-5-14(20)23-11-10-18-15(21)12-6-8-13(9-7-12)19-16(22)24-17(2,3)4/h5-9H,1,10-11H2,2-4H3,(H,18,21)(H,19,22). The van der Waals surface area contributed by atoms with Gasteiger partial charge in [0.2, 0.25) is 0 Å². The van der Waals surface area contributed by atoms with Crippen molar-refractivity contribution in [2.75, 3.05) is 18.5 Å². The van der Waals surface area contributed by atoms with Gasteiger partial charge in [0.05, 0.1) is 6.54 Å². The summed E-state index contributed by atoms with van der Waals surface area (Å²) in [6.45, 7) is 8.84. The molecule has 0 saturated heterocycles. The zero-order chi connectivity index (χ0) is 18.2. The quantitative estimate of drug-likeness (QED) is 0.473. The lowest BCUT2D eigenvalue weighted by Crippen LogP contribution is -2.28. The van der Waals surface area contributed by atoms with Crippen LogP contribution in [0.1, 0.15) is 31.1 Å². The van der Waals surface area contributed by atoms with E-state index in [0.717, 1.165) is 6.08 Å². The molecule has 1 aromatic rings. The Morgan fingerprint density at radius 1 is 1.17 bits per heavy atom. The fraction of sp³-hybridized carbons (Fsp3) is 0.353. The molecule has 0 unspecified atom stereocenters. The Labute approximate surface area is 141 Å². The SMILES string of the molecule is C=CC(=O)OCCNC(=O)c1ccc(NC(=O)OC(C)(C)C)cc1. The molecule has 0 heterocycles. The fourth-order valence-electron chi connectivity index (χ4n) is 1.60. The Balaban J connectivity index is 2.46. The van der Waals surface area contributed by atoms with E-state index in [0.29, 0.717) is 11.3 Å². The van der Waals surface area contributed by atoms with E-state index in [1.807, 2.05) is 0 Å². The Morgan fingerprint density at radius 3 is 2.33 bits per heavy atom. The van der Waals surface area contributed by atoms with Crippen molar-refractivity contribution >= 4 is 23.7 Å². The zero-order valence-electron chi connectivity index (χ0n) is 14.0. The van der Waals surface area contributed by atoms with Gasteiger partial charge in [0.25, 0.3) is 5.91 Å². The topological polar surface area (TPSA) is 93.7 Å². The maximum atomic E-state index is 11.9. The number of benzene rings is 1. The smallest absolute Gasteiger partial charge is 0.412 e. The number of carbonyl (C=O) groups is 3. The molecule has 0 aliphatic heterocycles. The minimum absolute atomic E-state index is 0.0644. The molecule has 1 aromatic carbocycles. The van der Waals surface area contributed by atoms with Crippen molar-refractivity contribution in [3.05, 3.63) is 42.5 Å². The maximum Gasteiger partial charge on any atom is 0.412 e. The molecule has 0 atom stereocenters. The molecule has 0 radical (unpaired) electrons. The highest BCUT2D eigenvalue weighted by molar-refractivity contribution is 5.95. The molecule has 7 nitrogen and oxygen atoms in total. The van der Waals surface area contributed by atoms with Crippen molar-refractivity contribution in [3.63, 3.8) is 0 Å². The monoisotopic (exact) mass is 334 g/mol. The van der Waals surface area contributed by atoms with Gasteiger partial charge in [0.1, 0.15) is 12.2 Å². The number of carbonyl (C=O) groups excluding carboxylic acids is 3. The van der Waals surface area contributed by atoms with Gasteiger partial charge < -0.3 is 14.8 Å². The summed E-state index contributed by atoms with van der Waals surface area (Å²) in [5.74, 6) is -0.852. The first-order valence-electron chi connectivity index (χ1n) is 7.39. The third-order valence-electron chi connectivity index (χ3n) is 2.59. The van der Waals surface area contributed by atoms with Gasteiger partial charge in [0.15, 0.2) is 0 Å². The van der Waals surface area contributed by atoms with Crippen LogP contribution in [-0.4, -0.2) is 36.7 Å². The van der Waals surface area contributed by atoms with Crippen LogP contribution < -0.4 is 10.6 Å². The Morgan fingerprint density at radius 2 is 1.79 bits per heavy atom. The molecule has 24 heavy (non-hydrogen) atoms. The molecule has 7 heteroatoms. The number of anilines is 1. The van der Waals surface area contributed by atoms with Crippen molar-refractivity contribution in [1.29, 1.82) is 0 Å². The lowest BCUT2D eigenvalue weighted by Gasteiger charge is -2.19. The van der Waals surface area contributed by atoms with Crippen LogP contribution in [0, 0.1) is 0 Å². The molecular weight excluding hydrogens is 312 g/mol. The Bertz CT molecular complexity index is 602. The van der Waals surface area contributed by atoms with E-state index >= 15 is 0 Å². The molecule has 0 aliphatic rings. The minimum atomic E-state index is -0.584. The second-order valence-corrected chi connectivity index (χ2v) is 5.83. The summed E-state index contributed by atoms with van der Waals surface area (Å²) < 4.78 is 9.88. The van der Waals surface area contributed by atoms with Gasteiger partial charge in [-0.1, -0.05) is 6.58 Å². The number of amides is 2. The van der Waals surface area contributed by atoms with Crippen LogP contribution >= 0.6 is 0 Å². The number of ether oxygens (including phenoxy) is 2. The average Bonchev–Trinajstić information content (AvgIpc) is 2.49. The Kier molecular flexibility index (Phi) is 6.98. The average molecular weight is 334 g/mol. The summed E-state index contributed by atoms with van der Waals surface area (Å²) >= 11 is 0. The van der Waals surface area contributed by atoms with Crippen LogP contribution in [0.15, 0.2) is 36.9 Å². The van der Waals surface area contributed by atoms with E-state index in [1.54, 1.807) is 45.0 Å². The highest BCUT2D eigenvalue weighted by atomic mass is 16.6. The summed E-state index contributed by atoms with van der Waals surface area (Å²) in [5.41, 5.74) is 0.347. The number of hydrogen-bond acceptors (Lipinski definition) is 5.